The Morgan fingerprint density at radius 3 is 2.67 bits per heavy atom. The van der Waals surface area contributed by atoms with Crippen molar-refractivity contribution in [3.63, 3.8) is 0 Å². The molecular formula is C14H17ClN2S. The summed E-state index contributed by atoms with van der Waals surface area (Å²) in [6.45, 7) is 4.19. The Bertz CT molecular complexity index is 470. The highest BCUT2D eigenvalue weighted by Crippen LogP contribution is 2.16. The van der Waals surface area contributed by atoms with E-state index >= 15 is 0 Å². The van der Waals surface area contributed by atoms with Crippen molar-refractivity contribution in [2.45, 2.75) is 19.2 Å². The smallest absolute Gasteiger partial charge is 0.0946 e. The van der Waals surface area contributed by atoms with Gasteiger partial charge in [0, 0.05) is 30.6 Å². The van der Waals surface area contributed by atoms with Gasteiger partial charge in [-0.3, -0.25) is 0 Å². The summed E-state index contributed by atoms with van der Waals surface area (Å²) in [5.74, 6) is 0.507. The van der Waals surface area contributed by atoms with Crippen LogP contribution in [-0.2, 0) is 12.3 Å². The summed E-state index contributed by atoms with van der Waals surface area (Å²) in [5.41, 5.74) is 2.26. The average Bonchev–Trinajstić information content (AvgIpc) is 2.89. The highest BCUT2D eigenvalue weighted by atomic mass is 35.5. The topological polar surface area (TPSA) is 16.1 Å². The largest absolute Gasteiger partial charge is 0.371 e. The summed E-state index contributed by atoms with van der Waals surface area (Å²) >= 11 is 7.46. The van der Waals surface area contributed by atoms with Gasteiger partial charge in [0.1, 0.15) is 0 Å². The lowest BCUT2D eigenvalue weighted by molar-refractivity contribution is 0.803. The van der Waals surface area contributed by atoms with Crippen molar-refractivity contribution in [2.24, 2.45) is 0 Å². The first-order valence-electron chi connectivity index (χ1n) is 6.12. The van der Waals surface area contributed by atoms with E-state index in [-0.39, 0.29) is 0 Å². The zero-order chi connectivity index (χ0) is 12.8. The summed E-state index contributed by atoms with van der Waals surface area (Å²) in [7, 11) is 0. The maximum Gasteiger partial charge on any atom is 0.0946 e. The van der Waals surface area contributed by atoms with Crippen molar-refractivity contribution >= 4 is 28.6 Å². The first-order chi connectivity index (χ1) is 8.83. The van der Waals surface area contributed by atoms with Crippen molar-refractivity contribution in [1.29, 1.82) is 0 Å². The van der Waals surface area contributed by atoms with Gasteiger partial charge < -0.3 is 4.90 Å². The average molecular weight is 281 g/mol. The third-order valence-electron chi connectivity index (χ3n) is 2.83. The van der Waals surface area contributed by atoms with E-state index in [2.05, 4.69) is 41.1 Å². The number of halogens is 1. The fourth-order valence-corrected chi connectivity index (χ4v) is 2.88. The summed E-state index contributed by atoms with van der Waals surface area (Å²) in [6, 6.07) is 10.5. The number of aromatic nitrogens is 1. The highest BCUT2D eigenvalue weighted by molar-refractivity contribution is 7.09. The second-order valence-corrected chi connectivity index (χ2v) is 5.24. The molecule has 96 valence electrons. The van der Waals surface area contributed by atoms with Crippen molar-refractivity contribution in [1.82, 2.24) is 4.98 Å². The molecule has 0 aliphatic rings. The molecule has 0 fully saturated rings. The van der Waals surface area contributed by atoms with Crippen LogP contribution in [0.4, 0.5) is 5.69 Å². The lowest BCUT2D eigenvalue weighted by Crippen LogP contribution is -2.25. The van der Waals surface area contributed by atoms with E-state index in [4.69, 9.17) is 11.6 Å². The van der Waals surface area contributed by atoms with E-state index in [1.165, 1.54) is 10.7 Å². The molecule has 0 aliphatic heterocycles. The van der Waals surface area contributed by atoms with Crippen LogP contribution >= 0.6 is 22.9 Å². The van der Waals surface area contributed by atoms with Crippen molar-refractivity contribution in [2.75, 3.05) is 18.0 Å². The van der Waals surface area contributed by atoms with E-state index in [0.717, 1.165) is 25.2 Å². The quantitative estimate of drug-likeness (QED) is 0.745. The van der Waals surface area contributed by atoms with Crippen LogP contribution in [0, 0.1) is 0 Å². The molecule has 0 radical (unpaired) electrons. The first kappa shape index (κ1) is 13.4. The molecule has 2 nitrogen and oxygen atoms in total. The van der Waals surface area contributed by atoms with Gasteiger partial charge in [-0.25, -0.2) is 4.98 Å². The van der Waals surface area contributed by atoms with Gasteiger partial charge in [-0.1, -0.05) is 18.2 Å². The van der Waals surface area contributed by atoms with Gasteiger partial charge in [0.15, 0.2) is 0 Å². The fraction of sp³-hybridized carbons (Fsp3) is 0.357. The number of para-hydroxylation sites is 1. The Morgan fingerprint density at radius 2 is 2.06 bits per heavy atom. The zero-order valence-electron chi connectivity index (χ0n) is 10.5. The fourth-order valence-electron chi connectivity index (χ4n) is 1.86. The van der Waals surface area contributed by atoms with E-state index in [0.29, 0.717) is 5.88 Å². The number of likely N-dealkylation sites (N-methyl/N-ethyl adjacent to an activating group) is 1. The van der Waals surface area contributed by atoms with Crippen LogP contribution < -0.4 is 4.90 Å². The molecule has 0 saturated heterocycles. The summed E-state index contributed by atoms with van der Waals surface area (Å²) in [6.07, 6.45) is 0.976. The van der Waals surface area contributed by atoms with E-state index in [9.17, 15) is 0 Å². The molecule has 0 amide bonds. The molecule has 2 aromatic rings. The normalized spacial score (nSPS) is 10.6. The van der Waals surface area contributed by atoms with Gasteiger partial charge in [-0.15, -0.1) is 22.9 Å². The van der Waals surface area contributed by atoms with Gasteiger partial charge in [0.2, 0.25) is 0 Å². The first-order valence-corrected chi connectivity index (χ1v) is 7.54. The van der Waals surface area contributed by atoms with Crippen molar-refractivity contribution in [3.05, 3.63) is 46.4 Å². The van der Waals surface area contributed by atoms with Crippen LogP contribution in [0.15, 0.2) is 35.7 Å². The highest BCUT2D eigenvalue weighted by Gasteiger charge is 2.06. The third-order valence-corrected chi connectivity index (χ3v) is 4.07. The molecule has 18 heavy (non-hydrogen) atoms. The standard InChI is InChI=1S/C14H17ClN2S/c1-2-17(13-6-4-3-5-7-13)9-8-14-16-12(10-15)11-18-14/h3-7,11H,2,8-10H2,1H3. The molecule has 0 aliphatic carbocycles. The molecule has 0 spiro atoms. The maximum atomic E-state index is 5.76. The molecule has 1 heterocycles. The molecule has 0 unspecified atom stereocenters. The Morgan fingerprint density at radius 1 is 1.28 bits per heavy atom. The minimum atomic E-state index is 0.507. The Balaban J connectivity index is 1.95. The number of benzene rings is 1. The molecule has 0 atom stereocenters. The summed E-state index contributed by atoms with van der Waals surface area (Å²) < 4.78 is 0. The van der Waals surface area contributed by atoms with E-state index in [1.807, 2.05) is 11.4 Å². The predicted octanol–water partition coefficient (Wildman–Crippen LogP) is 3.95. The van der Waals surface area contributed by atoms with Gasteiger partial charge >= 0.3 is 0 Å². The zero-order valence-corrected chi connectivity index (χ0v) is 12.0. The monoisotopic (exact) mass is 280 g/mol. The number of hydrogen-bond donors (Lipinski definition) is 0. The Hall–Kier alpha value is -1.06. The summed E-state index contributed by atoms with van der Waals surface area (Å²) in [5, 5.41) is 3.21. The molecule has 0 bridgehead atoms. The lowest BCUT2D eigenvalue weighted by Gasteiger charge is -2.22. The molecule has 0 N–H and O–H groups in total. The van der Waals surface area contributed by atoms with Crippen molar-refractivity contribution in [3.8, 4) is 0 Å². The van der Waals surface area contributed by atoms with Crippen LogP contribution in [0.5, 0.6) is 0 Å². The minimum Gasteiger partial charge on any atom is -0.371 e. The number of hydrogen-bond acceptors (Lipinski definition) is 3. The van der Waals surface area contributed by atoms with Crippen LogP contribution in [0.3, 0.4) is 0 Å². The van der Waals surface area contributed by atoms with Crippen LogP contribution in [0.2, 0.25) is 0 Å². The third kappa shape index (κ3) is 3.47. The SMILES string of the molecule is CCN(CCc1nc(CCl)cs1)c1ccccc1. The van der Waals surface area contributed by atoms with Crippen LogP contribution in [0.1, 0.15) is 17.6 Å². The molecule has 0 saturated carbocycles. The number of anilines is 1. The minimum absolute atomic E-state index is 0.507. The predicted molar refractivity (Wildman–Crippen MR) is 79.7 cm³/mol. The maximum absolute atomic E-state index is 5.76. The lowest BCUT2D eigenvalue weighted by atomic mass is 10.2. The van der Waals surface area contributed by atoms with Crippen LogP contribution in [0.25, 0.3) is 0 Å². The number of rotatable bonds is 6. The molecule has 4 heteroatoms. The number of nitrogens with zero attached hydrogens (tertiary/aromatic N) is 2. The summed E-state index contributed by atoms with van der Waals surface area (Å²) in [4.78, 5) is 6.85. The molecule has 1 aromatic carbocycles. The molecular weight excluding hydrogens is 264 g/mol. The van der Waals surface area contributed by atoms with Gasteiger partial charge in [0.25, 0.3) is 0 Å². The van der Waals surface area contributed by atoms with Crippen LogP contribution in [-0.4, -0.2) is 18.1 Å². The molecule has 2 rings (SSSR count). The second-order valence-electron chi connectivity index (χ2n) is 4.03. The van der Waals surface area contributed by atoms with Gasteiger partial charge in [-0.2, -0.15) is 0 Å². The molecule has 1 aromatic heterocycles. The Labute approximate surface area is 117 Å². The van der Waals surface area contributed by atoms with E-state index < -0.39 is 0 Å². The van der Waals surface area contributed by atoms with Gasteiger partial charge in [0.05, 0.1) is 16.6 Å². The van der Waals surface area contributed by atoms with E-state index in [1.54, 1.807) is 11.3 Å². The number of alkyl halides is 1. The Kier molecular flexibility index (Phi) is 5.02. The van der Waals surface area contributed by atoms with Gasteiger partial charge in [-0.05, 0) is 19.1 Å². The van der Waals surface area contributed by atoms with Crippen molar-refractivity contribution < 1.29 is 0 Å². The number of thiazole rings is 1. The second kappa shape index (κ2) is 6.76.